The second kappa shape index (κ2) is 3.05. The number of hydrogen-bond donors (Lipinski definition) is 0. The van der Waals surface area contributed by atoms with Crippen molar-refractivity contribution in [3.8, 4) is 0 Å². The van der Waals surface area contributed by atoms with Crippen LogP contribution in [0.2, 0.25) is 0 Å². The van der Waals surface area contributed by atoms with E-state index >= 15 is 0 Å². The number of hydrogen-bond acceptors (Lipinski definition) is 0. The Morgan fingerprint density at radius 3 is 2.50 bits per heavy atom. The molecule has 0 aliphatic heterocycles. The Hall–Kier alpha value is -0.520. The van der Waals surface area contributed by atoms with E-state index in [4.69, 9.17) is 0 Å². The van der Waals surface area contributed by atoms with Gasteiger partial charge in [0.1, 0.15) is 0 Å². The van der Waals surface area contributed by atoms with Crippen LogP contribution in [0.15, 0.2) is 23.3 Å². The van der Waals surface area contributed by atoms with Gasteiger partial charge in [-0.05, 0) is 32.6 Å². The van der Waals surface area contributed by atoms with Crippen molar-refractivity contribution in [1.82, 2.24) is 0 Å². The van der Waals surface area contributed by atoms with Gasteiger partial charge >= 0.3 is 0 Å². The molecule has 1 unspecified atom stereocenters. The standard InChI is InChI=1S/C10H16/c1-8(2)7-9(3)10-5-4-6-10/h5,7,9H,4,6H2,1-3H3. The summed E-state index contributed by atoms with van der Waals surface area (Å²) < 4.78 is 0. The molecule has 0 amide bonds. The van der Waals surface area contributed by atoms with Crippen LogP contribution in [0.3, 0.4) is 0 Å². The molecule has 1 atom stereocenters. The van der Waals surface area contributed by atoms with E-state index in [9.17, 15) is 0 Å². The van der Waals surface area contributed by atoms with Gasteiger partial charge in [-0.1, -0.05) is 30.2 Å². The van der Waals surface area contributed by atoms with Crippen molar-refractivity contribution in [3.63, 3.8) is 0 Å². The maximum Gasteiger partial charge on any atom is -0.00491 e. The van der Waals surface area contributed by atoms with Gasteiger partial charge in [0.25, 0.3) is 0 Å². The molecular weight excluding hydrogens is 120 g/mol. The third-order valence-electron chi connectivity index (χ3n) is 2.01. The molecule has 0 aromatic carbocycles. The number of allylic oxidation sites excluding steroid dienone is 4. The summed E-state index contributed by atoms with van der Waals surface area (Å²) in [5.74, 6) is 0.693. The fourth-order valence-corrected chi connectivity index (χ4v) is 1.33. The molecule has 1 rings (SSSR count). The normalized spacial score (nSPS) is 18.9. The van der Waals surface area contributed by atoms with Gasteiger partial charge in [-0.3, -0.25) is 0 Å². The monoisotopic (exact) mass is 136 g/mol. The van der Waals surface area contributed by atoms with E-state index in [1.807, 2.05) is 0 Å². The lowest BCUT2D eigenvalue weighted by Crippen LogP contribution is -2.02. The van der Waals surface area contributed by atoms with Gasteiger partial charge in [-0.15, -0.1) is 0 Å². The highest BCUT2D eigenvalue weighted by atomic mass is 14.2. The van der Waals surface area contributed by atoms with Crippen LogP contribution >= 0.6 is 0 Å². The minimum atomic E-state index is 0.693. The maximum absolute atomic E-state index is 2.35. The molecule has 56 valence electrons. The molecule has 0 heterocycles. The fourth-order valence-electron chi connectivity index (χ4n) is 1.33. The molecule has 0 aromatic heterocycles. The average Bonchev–Trinajstić information content (AvgIpc) is 1.55. The van der Waals surface area contributed by atoms with Crippen molar-refractivity contribution in [1.29, 1.82) is 0 Å². The fraction of sp³-hybridized carbons (Fsp3) is 0.600. The number of rotatable bonds is 2. The molecule has 0 saturated heterocycles. The minimum Gasteiger partial charge on any atom is -0.0844 e. The van der Waals surface area contributed by atoms with E-state index in [2.05, 4.69) is 32.9 Å². The van der Waals surface area contributed by atoms with E-state index in [-0.39, 0.29) is 0 Å². The second-order valence-electron chi connectivity index (χ2n) is 3.35. The molecule has 0 aromatic rings. The van der Waals surface area contributed by atoms with E-state index in [0.717, 1.165) is 0 Å². The van der Waals surface area contributed by atoms with Crippen LogP contribution in [-0.2, 0) is 0 Å². The lowest BCUT2D eigenvalue weighted by atomic mass is 9.87. The van der Waals surface area contributed by atoms with Crippen LogP contribution in [-0.4, -0.2) is 0 Å². The van der Waals surface area contributed by atoms with E-state index < -0.39 is 0 Å². The molecule has 0 spiro atoms. The lowest BCUT2D eigenvalue weighted by molar-refractivity contribution is 0.714. The lowest BCUT2D eigenvalue weighted by Gasteiger charge is -2.19. The first-order valence-electron chi connectivity index (χ1n) is 4.04. The van der Waals surface area contributed by atoms with Crippen molar-refractivity contribution >= 4 is 0 Å². The van der Waals surface area contributed by atoms with Gasteiger partial charge in [0.05, 0.1) is 0 Å². The summed E-state index contributed by atoms with van der Waals surface area (Å²) in [6.07, 6.45) is 7.32. The largest absolute Gasteiger partial charge is 0.0844 e. The van der Waals surface area contributed by atoms with Gasteiger partial charge in [-0.2, -0.15) is 0 Å². The van der Waals surface area contributed by atoms with Gasteiger partial charge in [0.15, 0.2) is 0 Å². The molecule has 0 radical (unpaired) electrons. The minimum absolute atomic E-state index is 0.693. The summed E-state index contributed by atoms with van der Waals surface area (Å²) in [6, 6.07) is 0. The van der Waals surface area contributed by atoms with Crippen LogP contribution in [0.4, 0.5) is 0 Å². The third-order valence-corrected chi connectivity index (χ3v) is 2.01. The van der Waals surface area contributed by atoms with Gasteiger partial charge in [0.2, 0.25) is 0 Å². The van der Waals surface area contributed by atoms with Crippen molar-refractivity contribution in [3.05, 3.63) is 23.3 Å². The third kappa shape index (κ3) is 1.73. The average molecular weight is 136 g/mol. The highest BCUT2D eigenvalue weighted by Gasteiger charge is 2.10. The van der Waals surface area contributed by atoms with Gasteiger partial charge in [-0.25, -0.2) is 0 Å². The quantitative estimate of drug-likeness (QED) is 0.511. The maximum atomic E-state index is 2.35. The van der Waals surface area contributed by atoms with Crippen LogP contribution in [0, 0.1) is 5.92 Å². The molecule has 10 heavy (non-hydrogen) atoms. The summed E-state index contributed by atoms with van der Waals surface area (Å²) in [5.41, 5.74) is 3.06. The zero-order chi connectivity index (χ0) is 7.56. The zero-order valence-electron chi connectivity index (χ0n) is 7.15. The van der Waals surface area contributed by atoms with Crippen molar-refractivity contribution in [2.75, 3.05) is 0 Å². The smallest absolute Gasteiger partial charge is 0.00491 e. The Kier molecular flexibility index (Phi) is 2.31. The van der Waals surface area contributed by atoms with Crippen LogP contribution in [0.5, 0.6) is 0 Å². The van der Waals surface area contributed by atoms with Crippen LogP contribution in [0.1, 0.15) is 33.6 Å². The Bertz CT molecular complexity index is 168. The first-order valence-corrected chi connectivity index (χ1v) is 4.04. The predicted octanol–water partition coefficient (Wildman–Crippen LogP) is 3.31. The summed E-state index contributed by atoms with van der Waals surface area (Å²) in [5, 5.41) is 0. The molecule has 0 saturated carbocycles. The van der Waals surface area contributed by atoms with Gasteiger partial charge < -0.3 is 0 Å². The summed E-state index contributed by atoms with van der Waals surface area (Å²) in [4.78, 5) is 0. The Morgan fingerprint density at radius 1 is 1.60 bits per heavy atom. The van der Waals surface area contributed by atoms with Crippen molar-refractivity contribution in [2.45, 2.75) is 33.6 Å². The molecule has 1 aliphatic rings. The Morgan fingerprint density at radius 2 is 2.20 bits per heavy atom. The highest BCUT2D eigenvalue weighted by molar-refractivity contribution is 5.20. The van der Waals surface area contributed by atoms with E-state index in [1.165, 1.54) is 18.4 Å². The SMILES string of the molecule is CC(C)=CC(C)C1=CCC1. The molecule has 0 fully saturated rings. The topological polar surface area (TPSA) is 0 Å². The molecule has 0 bridgehead atoms. The van der Waals surface area contributed by atoms with Crippen LogP contribution in [0.25, 0.3) is 0 Å². The molecule has 0 nitrogen and oxygen atoms in total. The van der Waals surface area contributed by atoms with E-state index in [0.29, 0.717) is 5.92 Å². The second-order valence-corrected chi connectivity index (χ2v) is 3.35. The highest BCUT2D eigenvalue weighted by Crippen LogP contribution is 2.27. The van der Waals surface area contributed by atoms with Gasteiger partial charge in [0, 0.05) is 0 Å². The van der Waals surface area contributed by atoms with E-state index in [1.54, 1.807) is 5.57 Å². The first kappa shape index (κ1) is 7.59. The molecule has 1 aliphatic carbocycles. The molecule has 0 N–H and O–H groups in total. The Labute approximate surface area is 63.6 Å². The molecular formula is C10H16. The predicted molar refractivity (Wildman–Crippen MR) is 45.9 cm³/mol. The first-order chi connectivity index (χ1) is 4.70. The van der Waals surface area contributed by atoms with Crippen molar-refractivity contribution < 1.29 is 0 Å². The molecule has 0 heteroatoms. The van der Waals surface area contributed by atoms with Crippen molar-refractivity contribution in [2.24, 2.45) is 5.92 Å². The zero-order valence-corrected chi connectivity index (χ0v) is 7.15. The summed E-state index contributed by atoms with van der Waals surface area (Å²) in [6.45, 7) is 6.60. The summed E-state index contributed by atoms with van der Waals surface area (Å²) in [7, 11) is 0. The van der Waals surface area contributed by atoms with Crippen LogP contribution < -0.4 is 0 Å². The Balaban J connectivity index is 2.49. The summed E-state index contributed by atoms with van der Waals surface area (Å²) >= 11 is 0.